The maximum atomic E-state index is 6.04. The zero-order valence-electron chi connectivity index (χ0n) is 8.39. The Morgan fingerprint density at radius 3 is 2.93 bits per heavy atom. The highest BCUT2D eigenvalue weighted by Gasteiger charge is 2.09. The zero-order valence-corrected chi connectivity index (χ0v) is 9.15. The van der Waals surface area contributed by atoms with Gasteiger partial charge in [0.05, 0.1) is 0 Å². The van der Waals surface area contributed by atoms with Gasteiger partial charge in [-0.1, -0.05) is 24.9 Å². The number of nitrogens with zero attached hydrogens (tertiary/aromatic N) is 4. The molecule has 0 amide bonds. The summed E-state index contributed by atoms with van der Waals surface area (Å²) in [4.78, 5) is 12.2. The molecule has 0 saturated heterocycles. The molecule has 2 heterocycles. The minimum atomic E-state index is 0.524. The molecular formula is C10H11ClN4. The van der Waals surface area contributed by atoms with Crippen LogP contribution in [0.15, 0.2) is 25.0 Å². The van der Waals surface area contributed by atoms with Gasteiger partial charge in [-0.2, -0.15) is 0 Å². The largest absolute Gasteiger partial charge is 0.290 e. The maximum absolute atomic E-state index is 6.04. The van der Waals surface area contributed by atoms with Gasteiger partial charge in [0, 0.05) is 18.0 Å². The van der Waals surface area contributed by atoms with Crippen molar-refractivity contribution in [2.75, 3.05) is 0 Å². The minimum Gasteiger partial charge on any atom is -0.290 e. The lowest BCUT2D eigenvalue weighted by Crippen LogP contribution is -2.02. The van der Waals surface area contributed by atoms with E-state index in [9.17, 15) is 0 Å². The molecule has 0 fully saturated rings. The predicted octanol–water partition coefficient (Wildman–Crippen LogP) is 2.27. The molecule has 0 aromatic carbocycles. The highest BCUT2D eigenvalue weighted by atomic mass is 35.5. The molecular weight excluding hydrogens is 212 g/mol. The summed E-state index contributed by atoms with van der Waals surface area (Å²) in [5.41, 5.74) is 0.972. The lowest BCUT2D eigenvalue weighted by molar-refractivity contribution is 0.860. The fourth-order valence-corrected chi connectivity index (χ4v) is 1.68. The maximum Gasteiger partial charge on any atom is 0.146 e. The van der Waals surface area contributed by atoms with Gasteiger partial charge in [0.15, 0.2) is 0 Å². The molecule has 0 radical (unpaired) electrons. The van der Waals surface area contributed by atoms with Gasteiger partial charge < -0.3 is 0 Å². The van der Waals surface area contributed by atoms with Gasteiger partial charge in [-0.05, 0) is 6.42 Å². The Bertz CT molecular complexity index is 439. The summed E-state index contributed by atoms with van der Waals surface area (Å²) in [6.45, 7) is 2.10. The summed E-state index contributed by atoms with van der Waals surface area (Å²) in [5, 5.41) is 0.524. The summed E-state index contributed by atoms with van der Waals surface area (Å²) in [7, 11) is 0. The molecule has 0 saturated carbocycles. The van der Waals surface area contributed by atoms with E-state index >= 15 is 0 Å². The van der Waals surface area contributed by atoms with Crippen LogP contribution in [0.5, 0.6) is 0 Å². The predicted molar refractivity (Wildman–Crippen MR) is 58.2 cm³/mol. The number of halogens is 1. The van der Waals surface area contributed by atoms with Crippen LogP contribution in [0, 0.1) is 0 Å². The quantitative estimate of drug-likeness (QED) is 0.749. The Balaban J connectivity index is 2.51. The van der Waals surface area contributed by atoms with Crippen LogP contribution < -0.4 is 0 Å². The number of imidazole rings is 1. The molecule has 0 unspecified atom stereocenters. The summed E-state index contributed by atoms with van der Waals surface area (Å²) in [6, 6.07) is 0. The van der Waals surface area contributed by atoms with E-state index in [1.165, 1.54) is 6.33 Å². The van der Waals surface area contributed by atoms with Crippen LogP contribution in [0.1, 0.15) is 18.9 Å². The molecule has 4 nitrogen and oxygen atoms in total. The zero-order chi connectivity index (χ0) is 10.7. The van der Waals surface area contributed by atoms with Gasteiger partial charge in [-0.25, -0.2) is 15.0 Å². The van der Waals surface area contributed by atoms with E-state index in [-0.39, 0.29) is 0 Å². The summed E-state index contributed by atoms with van der Waals surface area (Å²) in [5.74, 6) is 0.814. The molecule has 0 spiro atoms. The Morgan fingerprint density at radius 1 is 1.40 bits per heavy atom. The van der Waals surface area contributed by atoms with Gasteiger partial charge >= 0.3 is 0 Å². The van der Waals surface area contributed by atoms with Crippen molar-refractivity contribution in [3.63, 3.8) is 0 Å². The average Bonchev–Trinajstić information content (AvgIpc) is 2.74. The van der Waals surface area contributed by atoms with Crippen LogP contribution in [0.2, 0.25) is 5.15 Å². The highest BCUT2D eigenvalue weighted by molar-refractivity contribution is 6.30. The second-order valence-electron chi connectivity index (χ2n) is 3.19. The summed E-state index contributed by atoms with van der Waals surface area (Å²) in [6.07, 6.45) is 8.61. The van der Waals surface area contributed by atoms with E-state index in [0.29, 0.717) is 5.15 Å². The fraction of sp³-hybridized carbons (Fsp3) is 0.300. The summed E-state index contributed by atoms with van der Waals surface area (Å²) < 4.78 is 1.85. The monoisotopic (exact) mass is 222 g/mol. The van der Waals surface area contributed by atoms with E-state index in [4.69, 9.17) is 11.6 Å². The second-order valence-corrected chi connectivity index (χ2v) is 3.54. The van der Waals surface area contributed by atoms with Crippen molar-refractivity contribution >= 4 is 11.6 Å². The molecule has 78 valence electrons. The fourth-order valence-electron chi connectivity index (χ4n) is 1.45. The molecule has 0 aliphatic carbocycles. The molecule has 0 aliphatic rings. The standard InChI is InChI=1S/C10H11ClN4/c1-2-3-8-9(11)13-6-14-10(8)15-5-4-12-7-15/h4-7H,2-3H2,1H3. The average molecular weight is 223 g/mol. The highest BCUT2D eigenvalue weighted by Crippen LogP contribution is 2.20. The first-order valence-electron chi connectivity index (χ1n) is 4.80. The van der Waals surface area contributed by atoms with E-state index in [1.54, 1.807) is 12.5 Å². The molecule has 5 heteroatoms. The molecule has 0 aliphatic heterocycles. The van der Waals surface area contributed by atoms with Crippen LogP contribution >= 0.6 is 11.6 Å². The van der Waals surface area contributed by atoms with Gasteiger partial charge in [-0.3, -0.25) is 4.57 Å². The van der Waals surface area contributed by atoms with Crippen LogP contribution in [-0.4, -0.2) is 19.5 Å². The number of aromatic nitrogens is 4. The van der Waals surface area contributed by atoms with Crippen LogP contribution in [0.3, 0.4) is 0 Å². The van der Waals surface area contributed by atoms with E-state index in [0.717, 1.165) is 24.2 Å². The Hall–Kier alpha value is -1.42. The first-order valence-corrected chi connectivity index (χ1v) is 5.18. The van der Waals surface area contributed by atoms with Crippen molar-refractivity contribution in [3.8, 4) is 5.82 Å². The van der Waals surface area contributed by atoms with Crippen LogP contribution in [-0.2, 0) is 6.42 Å². The molecule has 0 atom stereocenters. The summed E-state index contributed by atoms with van der Waals surface area (Å²) >= 11 is 6.04. The first-order chi connectivity index (χ1) is 7.33. The number of hydrogen-bond donors (Lipinski definition) is 0. The van der Waals surface area contributed by atoms with Crippen molar-refractivity contribution in [1.82, 2.24) is 19.5 Å². The Kier molecular flexibility index (Phi) is 2.97. The van der Waals surface area contributed by atoms with Crippen molar-refractivity contribution in [2.45, 2.75) is 19.8 Å². The number of hydrogen-bond acceptors (Lipinski definition) is 3. The molecule has 15 heavy (non-hydrogen) atoms. The lowest BCUT2D eigenvalue weighted by Gasteiger charge is -2.08. The topological polar surface area (TPSA) is 43.6 Å². The van der Waals surface area contributed by atoms with E-state index < -0.39 is 0 Å². The van der Waals surface area contributed by atoms with Gasteiger partial charge in [0.25, 0.3) is 0 Å². The number of rotatable bonds is 3. The minimum absolute atomic E-state index is 0.524. The third-order valence-corrected chi connectivity index (χ3v) is 2.44. The third kappa shape index (κ3) is 1.99. The van der Waals surface area contributed by atoms with E-state index in [2.05, 4.69) is 21.9 Å². The second kappa shape index (κ2) is 4.40. The lowest BCUT2D eigenvalue weighted by atomic mass is 10.2. The normalized spacial score (nSPS) is 10.5. The van der Waals surface area contributed by atoms with E-state index in [1.807, 2.05) is 10.8 Å². The van der Waals surface area contributed by atoms with Gasteiger partial charge in [-0.15, -0.1) is 0 Å². The van der Waals surface area contributed by atoms with Crippen molar-refractivity contribution < 1.29 is 0 Å². The molecule has 2 aromatic rings. The Morgan fingerprint density at radius 2 is 2.27 bits per heavy atom. The van der Waals surface area contributed by atoms with Crippen molar-refractivity contribution in [1.29, 1.82) is 0 Å². The van der Waals surface area contributed by atoms with Gasteiger partial charge in [0.2, 0.25) is 0 Å². The van der Waals surface area contributed by atoms with Crippen LogP contribution in [0.25, 0.3) is 5.82 Å². The molecule has 2 rings (SSSR count). The first kappa shape index (κ1) is 10.1. The molecule has 0 N–H and O–H groups in total. The van der Waals surface area contributed by atoms with Crippen molar-refractivity contribution in [3.05, 3.63) is 35.8 Å². The smallest absolute Gasteiger partial charge is 0.146 e. The van der Waals surface area contributed by atoms with Crippen molar-refractivity contribution in [2.24, 2.45) is 0 Å². The van der Waals surface area contributed by atoms with Gasteiger partial charge in [0.1, 0.15) is 23.6 Å². The SMILES string of the molecule is CCCc1c(Cl)ncnc1-n1ccnc1. The third-order valence-electron chi connectivity index (χ3n) is 2.12. The van der Waals surface area contributed by atoms with Crippen LogP contribution in [0.4, 0.5) is 0 Å². The molecule has 0 bridgehead atoms. The molecule has 2 aromatic heterocycles. The Labute approximate surface area is 93.0 Å².